The van der Waals surface area contributed by atoms with Gasteiger partial charge in [-0.05, 0) is 25.0 Å². The van der Waals surface area contributed by atoms with E-state index < -0.39 is 0 Å². The fourth-order valence-electron chi connectivity index (χ4n) is 3.48. The van der Waals surface area contributed by atoms with E-state index in [1.54, 1.807) is 0 Å². The van der Waals surface area contributed by atoms with Crippen molar-refractivity contribution in [2.24, 2.45) is 0 Å². The molecule has 0 radical (unpaired) electrons. The molecule has 1 saturated heterocycles. The lowest BCUT2D eigenvalue weighted by atomic mass is 9.88. The second-order valence-corrected chi connectivity index (χ2v) is 6.63. The Kier molecular flexibility index (Phi) is 5.31. The Bertz CT molecular complexity index is 607. The number of amides is 1. The van der Waals surface area contributed by atoms with Gasteiger partial charge in [-0.25, -0.2) is 0 Å². The van der Waals surface area contributed by atoms with E-state index in [0.29, 0.717) is 19.5 Å². The average molecular weight is 323 g/mol. The highest BCUT2D eigenvalue weighted by Crippen LogP contribution is 2.29. The molecule has 1 heterocycles. The summed E-state index contributed by atoms with van der Waals surface area (Å²) in [6.07, 6.45) is 0.696. The van der Waals surface area contributed by atoms with Crippen molar-refractivity contribution in [1.82, 2.24) is 4.90 Å². The number of hydrogen-bond acceptors (Lipinski definition) is 2. The van der Waals surface area contributed by atoms with Crippen molar-refractivity contribution in [1.29, 1.82) is 0 Å². The highest BCUT2D eigenvalue weighted by Gasteiger charge is 2.28. The number of carbonyl (C=O) groups excluding carboxylic acids is 1. The van der Waals surface area contributed by atoms with E-state index in [-0.39, 0.29) is 24.0 Å². The predicted molar refractivity (Wildman–Crippen MR) is 95.9 cm³/mol. The highest BCUT2D eigenvalue weighted by molar-refractivity contribution is 5.78. The summed E-state index contributed by atoms with van der Waals surface area (Å²) in [6.45, 7) is 5.42. The Morgan fingerprint density at radius 2 is 1.42 bits per heavy atom. The van der Waals surface area contributed by atoms with Crippen LogP contribution in [0.4, 0.5) is 0 Å². The van der Waals surface area contributed by atoms with Gasteiger partial charge in [-0.3, -0.25) is 4.79 Å². The predicted octanol–water partition coefficient (Wildman–Crippen LogP) is 3.84. The zero-order valence-corrected chi connectivity index (χ0v) is 14.4. The third-order valence-corrected chi connectivity index (χ3v) is 4.55. The Labute approximate surface area is 144 Å². The van der Waals surface area contributed by atoms with Gasteiger partial charge < -0.3 is 9.64 Å². The summed E-state index contributed by atoms with van der Waals surface area (Å²) in [5, 5.41) is 0. The first-order valence-corrected chi connectivity index (χ1v) is 8.66. The van der Waals surface area contributed by atoms with Crippen LogP contribution in [0.1, 0.15) is 37.3 Å². The first kappa shape index (κ1) is 16.7. The topological polar surface area (TPSA) is 29.5 Å². The van der Waals surface area contributed by atoms with Crippen molar-refractivity contribution >= 4 is 5.91 Å². The summed E-state index contributed by atoms with van der Waals surface area (Å²) in [6, 6.07) is 20.6. The Morgan fingerprint density at radius 1 is 0.958 bits per heavy atom. The summed E-state index contributed by atoms with van der Waals surface area (Å²) in [5.41, 5.74) is 2.37. The van der Waals surface area contributed by atoms with Crippen LogP contribution in [0.25, 0.3) is 0 Å². The lowest BCUT2D eigenvalue weighted by Gasteiger charge is -2.36. The van der Waals surface area contributed by atoms with E-state index in [1.807, 2.05) is 55.1 Å². The van der Waals surface area contributed by atoms with Crippen molar-refractivity contribution in [3.05, 3.63) is 71.8 Å². The number of ether oxygens (including phenoxy) is 1. The molecule has 1 aliphatic heterocycles. The van der Waals surface area contributed by atoms with Crippen molar-refractivity contribution < 1.29 is 9.53 Å². The molecule has 1 amide bonds. The minimum Gasteiger partial charge on any atom is -0.372 e. The van der Waals surface area contributed by atoms with E-state index >= 15 is 0 Å². The molecule has 0 bridgehead atoms. The van der Waals surface area contributed by atoms with Crippen LogP contribution in [0.2, 0.25) is 0 Å². The Morgan fingerprint density at radius 3 is 1.88 bits per heavy atom. The molecule has 0 saturated carbocycles. The van der Waals surface area contributed by atoms with Crippen molar-refractivity contribution in [2.45, 2.75) is 38.4 Å². The van der Waals surface area contributed by atoms with E-state index in [2.05, 4.69) is 24.3 Å². The Balaban J connectivity index is 1.81. The first-order chi connectivity index (χ1) is 11.6. The zero-order valence-electron chi connectivity index (χ0n) is 14.4. The lowest BCUT2D eigenvalue weighted by Crippen LogP contribution is -2.48. The molecule has 126 valence electrons. The number of morpholine rings is 1. The molecule has 0 spiro atoms. The van der Waals surface area contributed by atoms with Crippen LogP contribution in [0.5, 0.6) is 0 Å². The molecule has 0 aromatic heterocycles. The van der Waals surface area contributed by atoms with Gasteiger partial charge in [0.15, 0.2) is 0 Å². The van der Waals surface area contributed by atoms with E-state index in [9.17, 15) is 4.79 Å². The Hall–Kier alpha value is -2.13. The normalized spacial score (nSPS) is 21.0. The standard InChI is InChI=1S/C21H25NO2/c1-16-14-22(15-17(2)24-16)21(23)13-20(18-9-5-3-6-10-18)19-11-7-4-8-12-19/h3-12,16-17,20H,13-15H2,1-2H3/t16-,17+. The van der Waals surface area contributed by atoms with Crippen molar-refractivity contribution in [3.8, 4) is 0 Å². The molecular formula is C21H25NO2. The summed E-state index contributed by atoms with van der Waals surface area (Å²) in [4.78, 5) is 14.9. The summed E-state index contributed by atoms with van der Waals surface area (Å²) in [5.74, 6) is 0.295. The SMILES string of the molecule is C[C@@H]1CN(C(=O)CC(c2ccccc2)c2ccccc2)C[C@H](C)O1. The maximum atomic E-state index is 12.9. The minimum absolute atomic E-state index is 0.0911. The molecule has 1 fully saturated rings. The number of benzene rings is 2. The maximum Gasteiger partial charge on any atom is 0.223 e. The van der Waals surface area contributed by atoms with Crippen LogP contribution in [-0.4, -0.2) is 36.1 Å². The molecule has 0 aliphatic carbocycles. The van der Waals surface area contributed by atoms with Gasteiger partial charge in [0.05, 0.1) is 12.2 Å². The van der Waals surface area contributed by atoms with Gasteiger partial charge in [0.25, 0.3) is 0 Å². The van der Waals surface area contributed by atoms with Gasteiger partial charge in [0, 0.05) is 25.4 Å². The van der Waals surface area contributed by atoms with Crippen molar-refractivity contribution in [3.63, 3.8) is 0 Å². The van der Waals surface area contributed by atoms with E-state index in [1.165, 1.54) is 11.1 Å². The monoisotopic (exact) mass is 323 g/mol. The molecule has 0 N–H and O–H groups in total. The molecule has 3 nitrogen and oxygen atoms in total. The number of nitrogens with zero attached hydrogens (tertiary/aromatic N) is 1. The fraction of sp³-hybridized carbons (Fsp3) is 0.381. The average Bonchev–Trinajstić information content (AvgIpc) is 2.60. The molecular weight excluding hydrogens is 298 g/mol. The van der Waals surface area contributed by atoms with Gasteiger partial charge in [-0.2, -0.15) is 0 Å². The molecule has 1 aliphatic rings. The molecule has 2 atom stereocenters. The van der Waals surface area contributed by atoms with E-state index in [4.69, 9.17) is 4.74 Å². The summed E-state index contributed by atoms with van der Waals surface area (Å²) in [7, 11) is 0. The molecule has 24 heavy (non-hydrogen) atoms. The van der Waals surface area contributed by atoms with Crippen LogP contribution in [0.15, 0.2) is 60.7 Å². The van der Waals surface area contributed by atoms with Crippen LogP contribution < -0.4 is 0 Å². The van der Waals surface area contributed by atoms with Crippen molar-refractivity contribution in [2.75, 3.05) is 13.1 Å². The van der Waals surface area contributed by atoms with E-state index in [0.717, 1.165) is 0 Å². The second-order valence-electron chi connectivity index (χ2n) is 6.63. The number of carbonyl (C=O) groups is 1. The number of rotatable bonds is 4. The maximum absolute atomic E-state index is 12.9. The largest absolute Gasteiger partial charge is 0.372 e. The molecule has 3 heteroatoms. The minimum atomic E-state index is 0.0911. The number of hydrogen-bond donors (Lipinski definition) is 0. The van der Waals surface area contributed by atoms with Crippen LogP contribution in [-0.2, 0) is 9.53 Å². The first-order valence-electron chi connectivity index (χ1n) is 8.66. The molecule has 2 aromatic carbocycles. The fourth-order valence-corrected chi connectivity index (χ4v) is 3.48. The van der Waals surface area contributed by atoms with Gasteiger partial charge in [0.1, 0.15) is 0 Å². The van der Waals surface area contributed by atoms with Gasteiger partial charge >= 0.3 is 0 Å². The van der Waals surface area contributed by atoms with Gasteiger partial charge in [-0.15, -0.1) is 0 Å². The summed E-state index contributed by atoms with van der Waals surface area (Å²) >= 11 is 0. The second kappa shape index (κ2) is 7.63. The third-order valence-electron chi connectivity index (χ3n) is 4.55. The van der Waals surface area contributed by atoms with Gasteiger partial charge in [-0.1, -0.05) is 60.7 Å². The highest BCUT2D eigenvalue weighted by atomic mass is 16.5. The van der Waals surface area contributed by atoms with Crippen LogP contribution in [0, 0.1) is 0 Å². The quantitative estimate of drug-likeness (QED) is 0.855. The smallest absolute Gasteiger partial charge is 0.223 e. The lowest BCUT2D eigenvalue weighted by molar-refractivity contribution is -0.143. The zero-order chi connectivity index (χ0) is 16.9. The summed E-state index contributed by atoms with van der Waals surface area (Å²) < 4.78 is 5.75. The molecule has 3 rings (SSSR count). The molecule has 2 aromatic rings. The third kappa shape index (κ3) is 4.04. The van der Waals surface area contributed by atoms with Gasteiger partial charge in [0.2, 0.25) is 5.91 Å². The molecule has 0 unspecified atom stereocenters. The van der Waals surface area contributed by atoms with Crippen LogP contribution >= 0.6 is 0 Å². The van der Waals surface area contributed by atoms with Crippen LogP contribution in [0.3, 0.4) is 0 Å².